The van der Waals surface area contributed by atoms with Crippen LogP contribution < -0.4 is 0 Å². The molecule has 0 radical (unpaired) electrons. The molecule has 0 aromatic carbocycles. The van der Waals surface area contributed by atoms with Crippen molar-refractivity contribution in [2.75, 3.05) is 6.54 Å². The van der Waals surface area contributed by atoms with Gasteiger partial charge in [-0.2, -0.15) is 0 Å². The van der Waals surface area contributed by atoms with Crippen molar-refractivity contribution in [2.24, 2.45) is 5.16 Å². The zero-order valence-corrected chi connectivity index (χ0v) is 16.6. The molecule has 1 spiro atoms. The summed E-state index contributed by atoms with van der Waals surface area (Å²) in [5.74, 6) is -0.461. The number of esters is 1. The Labute approximate surface area is 150 Å². The van der Waals surface area contributed by atoms with Gasteiger partial charge >= 0.3 is 12.1 Å². The molecule has 0 saturated carbocycles. The van der Waals surface area contributed by atoms with Crippen LogP contribution in [0.1, 0.15) is 54.4 Å². The van der Waals surface area contributed by atoms with Gasteiger partial charge in [-0.25, -0.2) is 9.59 Å². The first-order chi connectivity index (χ1) is 10.8. The van der Waals surface area contributed by atoms with Gasteiger partial charge in [0.2, 0.25) is 0 Å². The fourth-order valence-corrected chi connectivity index (χ4v) is 3.29. The van der Waals surface area contributed by atoms with Crippen molar-refractivity contribution in [3.8, 4) is 0 Å². The lowest BCUT2D eigenvalue weighted by atomic mass is 9.97. The molecule has 1 fully saturated rings. The van der Waals surface area contributed by atoms with Crippen LogP contribution in [-0.2, 0) is 19.1 Å². The van der Waals surface area contributed by atoms with Crippen molar-refractivity contribution >= 4 is 32.6 Å². The number of amides is 1. The maximum absolute atomic E-state index is 12.6. The molecule has 2 aliphatic heterocycles. The molecule has 0 aliphatic carbocycles. The van der Waals surface area contributed by atoms with Crippen molar-refractivity contribution in [3.63, 3.8) is 0 Å². The molecule has 136 valence electrons. The third kappa shape index (κ3) is 4.62. The summed E-state index contributed by atoms with van der Waals surface area (Å²) in [5.41, 5.74) is -2.00. The number of nitrogens with zero attached hydrogens (tertiary/aromatic N) is 2. The first-order valence-electron chi connectivity index (χ1n) is 7.93. The average molecular weight is 405 g/mol. The Balaban J connectivity index is 2.20. The molecule has 24 heavy (non-hydrogen) atoms. The number of hydrogen-bond acceptors (Lipinski definition) is 6. The normalized spacial score (nSPS) is 27.0. The highest BCUT2D eigenvalue weighted by atomic mass is 79.9. The first kappa shape index (κ1) is 19.0. The molecule has 7 nitrogen and oxygen atoms in total. The van der Waals surface area contributed by atoms with Gasteiger partial charge in [-0.1, -0.05) is 5.16 Å². The number of carbonyl (C=O) groups is 2. The van der Waals surface area contributed by atoms with Crippen LogP contribution in [0.4, 0.5) is 4.79 Å². The number of oxime groups is 1. The molecular weight excluding hydrogens is 380 g/mol. The lowest BCUT2D eigenvalue weighted by molar-refractivity contribution is -0.160. The molecule has 0 unspecified atom stereocenters. The quantitative estimate of drug-likeness (QED) is 0.627. The molecule has 2 heterocycles. The lowest BCUT2D eigenvalue weighted by Gasteiger charge is -2.29. The predicted molar refractivity (Wildman–Crippen MR) is 92.0 cm³/mol. The highest BCUT2D eigenvalue weighted by Gasteiger charge is 2.55. The van der Waals surface area contributed by atoms with Crippen LogP contribution in [0.25, 0.3) is 0 Å². The minimum atomic E-state index is -0.757. The number of carbonyl (C=O) groups excluding carboxylic acids is 2. The van der Waals surface area contributed by atoms with Crippen LogP contribution in [0.5, 0.6) is 0 Å². The Hall–Kier alpha value is -1.31. The molecule has 2 atom stereocenters. The minimum Gasteiger partial charge on any atom is -0.458 e. The fourth-order valence-electron chi connectivity index (χ4n) is 2.71. The van der Waals surface area contributed by atoms with Crippen LogP contribution >= 0.6 is 15.9 Å². The smallest absolute Gasteiger partial charge is 0.411 e. The molecule has 0 aromatic rings. The van der Waals surface area contributed by atoms with E-state index in [1.807, 2.05) is 0 Å². The summed E-state index contributed by atoms with van der Waals surface area (Å²) in [6.07, 6.45) is 0.271. The molecular formula is C16H25BrN2O5. The van der Waals surface area contributed by atoms with Crippen molar-refractivity contribution in [2.45, 2.75) is 77.2 Å². The summed E-state index contributed by atoms with van der Waals surface area (Å²) in [7, 11) is 0. The first-order valence-corrected chi connectivity index (χ1v) is 8.73. The Kier molecular flexibility index (Phi) is 4.92. The molecule has 1 amide bonds. The van der Waals surface area contributed by atoms with E-state index in [9.17, 15) is 9.59 Å². The van der Waals surface area contributed by atoms with E-state index < -0.39 is 34.9 Å². The van der Waals surface area contributed by atoms with E-state index in [1.165, 1.54) is 4.90 Å². The van der Waals surface area contributed by atoms with E-state index in [1.54, 1.807) is 41.5 Å². The molecule has 1 saturated heterocycles. The van der Waals surface area contributed by atoms with Crippen LogP contribution in [0, 0.1) is 0 Å². The topological polar surface area (TPSA) is 77.4 Å². The van der Waals surface area contributed by atoms with Crippen LogP contribution in [0.3, 0.4) is 0 Å². The second-order valence-corrected chi connectivity index (χ2v) is 9.20. The minimum absolute atomic E-state index is 0.227. The van der Waals surface area contributed by atoms with Crippen molar-refractivity contribution in [3.05, 3.63) is 0 Å². The standard InChI is InChI=1S/C16H25BrN2O5/c1-14(2,3)22-12(20)10-7-16(8-11(17)18-24-16)9-19(10)13(21)23-15(4,5)6/h10H,7-9H2,1-6H3/t10-,16+/m0/s1. The second kappa shape index (κ2) is 6.20. The number of halogens is 1. The molecule has 0 N–H and O–H groups in total. The van der Waals surface area contributed by atoms with Gasteiger partial charge < -0.3 is 14.3 Å². The van der Waals surface area contributed by atoms with E-state index in [2.05, 4.69) is 21.1 Å². The highest BCUT2D eigenvalue weighted by molar-refractivity contribution is 9.18. The van der Waals surface area contributed by atoms with Crippen LogP contribution in [0.15, 0.2) is 5.16 Å². The molecule has 2 rings (SSSR count). The molecule has 0 aromatic heterocycles. The predicted octanol–water partition coefficient (Wildman–Crippen LogP) is 3.21. The molecule has 2 aliphatic rings. The van der Waals surface area contributed by atoms with Gasteiger partial charge in [0, 0.05) is 12.8 Å². The van der Waals surface area contributed by atoms with Gasteiger partial charge in [0.15, 0.2) is 5.60 Å². The molecule has 8 heteroatoms. The second-order valence-electron chi connectivity index (χ2n) is 8.28. The van der Waals surface area contributed by atoms with E-state index in [0.717, 1.165) is 0 Å². The Morgan fingerprint density at radius 3 is 2.25 bits per heavy atom. The number of rotatable bonds is 1. The zero-order chi connectivity index (χ0) is 18.3. The van der Waals surface area contributed by atoms with Crippen molar-refractivity contribution in [1.82, 2.24) is 4.90 Å². The number of likely N-dealkylation sites (tertiary alicyclic amines) is 1. The maximum atomic E-state index is 12.6. The van der Waals surface area contributed by atoms with Crippen LogP contribution in [-0.4, -0.2) is 51.0 Å². The SMILES string of the molecule is CC(C)(C)OC(=O)[C@@H]1C[C@@]2(CC(Br)=NO2)CN1C(=O)OC(C)(C)C. The summed E-state index contributed by atoms with van der Waals surface area (Å²) in [6.45, 7) is 10.9. The third-order valence-corrected chi connectivity index (χ3v) is 3.94. The highest BCUT2D eigenvalue weighted by Crippen LogP contribution is 2.39. The Morgan fingerprint density at radius 1 is 1.21 bits per heavy atom. The van der Waals surface area contributed by atoms with Gasteiger partial charge in [-0.15, -0.1) is 0 Å². The van der Waals surface area contributed by atoms with Crippen molar-refractivity contribution < 1.29 is 23.9 Å². The zero-order valence-electron chi connectivity index (χ0n) is 15.0. The summed E-state index contributed by atoms with van der Waals surface area (Å²) >= 11 is 3.31. The number of ether oxygens (including phenoxy) is 2. The van der Waals surface area contributed by atoms with E-state index >= 15 is 0 Å². The summed E-state index contributed by atoms with van der Waals surface area (Å²) in [6, 6.07) is -0.757. The lowest BCUT2D eigenvalue weighted by Crippen LogP contribution is -2.46. The van der Waals surface area contributed by atoms with Crippen LogP contribution in [0.2, 0.25) is 0 Å². The summed E-state index contributed by atoms with van der Waals surface area (Å²) in [5, 5.41) is 3.91. The van der Waals surface area contributed by atoms with Gasteiger partial charge in [0.05, 0.1) is 6.54 Å². The number of hydrogen-bond donors (Lipinski definition) is 0. The Morgan fingerprint density at radius 2 is 1.79 bits per heavy atom. The van der Waals surface area contributed by atoms with E-state index in [4.69, 9.17) is 14.3 Å². The summed E-state index contributed by atoms with van der Waals surface area (Å²) < 4.78 is 11.6. The maximum Gasteiger partial charge on any atom is 0.411 e. The monoisotopic (exact) mass is 404 g/mol. The van der Waals surface area contributed by atoms with Gasteiger partial charge in [0.1, 0.15) is 21.9 Å². The average Bonchev–Trinajstić information content (AvgIpc) is 2.90. The molecule has 0 bridgehead atoms. The van der Waals surface area contributed by atoms with Gasteiger partial charge in [-0.3, -0.25) is 4.90 Å². The van der Waals surface area contributed by atoms with Crippen molar-refractivity contribution in [1.29, 1.82) is 0 Å². The fraction of sp³-hybridized carbons (Fsp3) is 0.812. The largest absolute Gasteiger partial charge is 0.458 e. The van der Waals surface area contributed by atoms with Gasteiger partial charge in [0.25, 0.3) is 0 Å². The third-order valence-electron chi connectivity index (χ3n) is 3.51. The van der Waals surface area contributed by atoms with E-state index in [0.29, 0.717) is 17.5 Å². The summed E-state index contributed by atoms with van der Waals surface area (Å²) in [4.78, 5) is 32.0. The van der Waals surface area contributed by atoms with E-state index in [-0.39, 0.29) is 6.54 Å². The Bertz CT molecular complexity index is 526. The van der Waals surface area contributed by atoms with Gasteiger partial charge in [-0.05, 0) is 57.5 Å².